The number of nitrogens with zero attached hydrogens (tertiary/aromatic N) is 2. The molecule has 1 saturated heterocycles. The Morgan fingerprint density at radius 1 is 1.00 bits per heavy atom. The highest BCUT2D eigenvalue weighted by Gasteiger charge is 2.20. The normalized spacial score (nSPS) is 15.6. The summed E-state index contributed by atoms with van der Waals surface area (Å²) in [7, 11) is 0. The van der Waals surface area contributed by atoms with Gasteiger partial charge in [0.05, 0.1) is 0 Å². The van der Waals surface area contributed by atoms with Crippen LogP contribution in [0.3, 0.4) is 0 Å². The number of aromatic amines is 1. The van der Waals surface area contributed by atoms with Crippen molar-refractivity contribution in [2.45, 2.75) is 25.9 Å². The lowest BCUT2D eigenvalue weighted by molar-refractivity contribution is 0.0663. The van der Waals surface area contributed by atoms with E-state index in [9.17, 15) is 9.90 Å². The Kier molecular flexibility index (Phi) is 8.23. The molecule has 1 aliphatic heterocycles. The molecule has 0 aliphatic carbocycles. The number of anilines is 1. The summed E-state index contributed by atoms with van der Waals surface area (Å²) in [5.41, 5.74) is 3.29. The van der Waals surface area contributed by atoms with Crippen LogP contribution < -0.4 is 15.2 Å². The van der Waals surface area contributed by atoms with Gasteiger partial charge >= 0.3 is 0 Å². The molecule has 0 radical (unpaired) electrons. The molecule has 172 valence electrons. The maximum atomic E-state index is 11.4. The lowest BCUT2D eigenvalue weighted by Crippen LogP contribution is -2.49. The number of aliphatic hydroxyl groups excluding tert-OH is 1. The quantitative estimate of drug-likeness (QED) is 0.572. The molecule has 1 atom stereocenters. The average Bonchev–Trinajstić information content (AvgIpc) is 2.78. The van der Waals surface area contributed by atoms with Crippen LogP contribution in [0.5, 0.6) is 5.75 Å². The van der Waals surface area contributed by atoms with Crippen LogP contribution in [0.2, 0.25) is 0 Å². The van der Waals surface area contributed by atoms with Gasteiger partial charge in [-0.25, -0.2) is 0 Å². The second kappa shape index (κ2) is 10.9. The van der Waals surface area contributed by atoms with E-state index in [1.807, 2.05) is 18.2 Å². The minimum absolute atomic E-state index is 0. The minimum Gasteiger partial charge on any atom is -0.491 e. The Morgan fingerprint density at radius 3 is 2.41 bits per heavy atom. The average molecular weight is 456 g/mol. The highest BCUT2D eigenvalue weighted by molar-refractivity contribution is 7.59. The van der Waals surface area contributed by atoms with Gasteiger partial charge in [0.25, 0.3) is 0 Å². The minimum atomic E-state index is -0.553. The van der Waals surface area contributed by atoms with Crippen LogP contribution in [0.1, 0.15) is 25.3 Å². The topological polar surface area (TPSA) is 68.8 Å². The molecule has 0 amide bonds. The monoisotopic (exact) mass is 455 g/mol. The van der Waals surface area contributed by atoms with E-state index >= 15 is 0 Å². The summed E-state index contributed by atoms with van der Waals surface area (Å²) in [6.07, 6.45) is -0.553. The Morgan fingerprint density at radius 2 is 1.72 bits per heavy atom. The second-order valence-corrected chi connectivity index (χ2v) is 8.57. The lowest BCUT2D eigenvalue weighted by Gasteiger charge is -2.37. The van der Waals surface area contributed by atoms with E-state index in [1.54, 1.807) is 6.07 Å². The maximum Gasteiger partial charge on any atom is 0.248 e. The first-order chi connectivity index (χ1) is 15.0. The molecule has 1 aliphatic rings. The molecule has 1 aromatic heterocycles. The van der Waals surface area contributed by atoms with Gasteiger partial charge in [-0.05, 0) is 47.9 Å². The van der Waals surface area contributed by atoms with Gasteiger partial charge in [-0.1, -0.05) is 26.0 Å². The number of aromatic nitrogens is 1. The van der Waals surface area contributed by atoms with Crippen molar-refractivity contribution in [3.05, 3.63) is 70.5 Å². The van der Waals surface area contributed by atoms with E-state index in [0.29, 0.717) is 18.2 Å². The standard InChI is InChI=1S/C25H31N3O3.H2S/c1-18(2)19-3-6-21(7-4-19)28-13-11-27(12-14-28)16-22(29)17-31-23-8-9-24-20(15-23)5-10-25(30)26-24;/h3-10,15,18,22,29H,11-14,16-17H2,1-2H3,(H,26,30);1H2/t22-;/m0./s1. The number of fused-ring (bicyclic) bond motifs is 1. The number of benzene rings is 2. The summed E-state index contributed by atoms with van der Waals surface area (Å²) in [5, 5.41) is 11.4. The van der Waals surface area contributed by atoms with Crippen LogP contribution in [-0.4, -0.2) is 60.4 Å². The fourth-order valence-corrected chi connectivity index (χ4v) is 4.02. The Labute approximate surface area is 196 Å². The van der Waals surface area contributed by atoms with Crippen molar-refractivity contribution in [2.24, 2.45) is 0 Å². The molecule has 2 aromatic carbocycles. The zero-order chi connectivity index (χ0) is 21.8. The smallest absolute Gasteiger partial charge is 0.248 e. The Balaban J connectivity index is 0.00000289. The summed E-state index contributed by atoms with van der Waals surface area (Å²) in [6, 6.07) is 17.7. The molecule has 0 spiro atoms. The first-order valence-corrected chi connectivity index (χ1v) is 11.0. The third kappa shape index (κ3) is 6.06. The molecule has 0 bridgehead atoms. The van der Waals surface area contributed by atoms with Gasteiger partial charge in [-0.3, -0.25) is 9.69 Å². The highest BCUT2D eigenvalue weighted by Crippen LogP contribution is 2.22. The van der Waals surface area contributed by atoms with Gasteiger partial charge in [0.2, 0.25) is 5.56 Å². The van der Waals surface area contributed by atoms with Gasteiger partial charge < -0.3 is 19.7 Å². The van der Waals surface area contributed by atoms with Crippen molar-refractivity contribution in [3.8, 4) is 5.75 Å². The summed E-state index contributed by atoms with van der Waals surface area (Å²) < 4.78 is 5.79. The molecule has 6 nitrogen and oxygen atoms in total. The number of β-amino-alcohol motifs (C(OH)–C–C–N with tert-alkyl or cyclic N) is 1. The molecule has 3 aromatic rings. The SMILES string of the molecule is CC(C)c1ccc(N2CCN(C[C@H](O)COc3ccc4[nH]c(=O)ccc4c3)CC2)cc1.S. The summed E-state index contributed by atoms with van der Waals surface area (Å²) in [6.45, 7) is 9.02. The predicted molar refractivity (Wildman–Crippen MR) is 136 cm³/mol. The molecule has 7 heteroatoms. The van der Waals surface area contributed by atoms with Crippen molar-refractivity contribution < 1.29 is 9.84 Å². The molecule has 2 N–H and O–H groups in total. The first-order valence-electron chi connectivity index (χ1n) is 11.0. The zero-order valence-electron chi connectivity index (χ0n) is 18.8. The molecular weight excluding hydrogens is 422 g/mol. The number of pyridine rings is 1. The molecule has 0 saturated carbocycles. The van der Waals surface area contributed by atoms with Crippen molar-refractivity contribution in [3.63, 3.8) is 0 Å². The van der Waals surface area contributed by atoms with Crippen LogP contribution in [0, 0.1) is 0 Å². The molecule has 0 unspecified atom stereocenters. The molecule has 32 heavy (non-hydrogen) atoms. The van der Waals surface area contributed by atoms with Crippen LogP contribution in [-0.2, 0) is 0 Å². The van der Waals surface area contributed by atoms with E-state index in [1.165, 1.54) is 17.3 Å². The van der Waals surface area contributed by atoms with Gasteiger partial charge in [0.1, 0.15) is 18.5 Å². The number of rotatable bonds is 7. The van der Waals surface area contributed by atoms with Gasteiger partial charge in [0, 0.05) is 55.4 Å². The summed E-state index contributed by atoms with van der Waals surface area (Å²) >= 11 is 0. The van der Waals surface area contributed by atoms with E-state index in [4.69, 9.17) is 4.74 Å². The Bertz CT molecular complexity index is 1060. The summed E-state index contributed by atoms with van der Waals surface area (Å²) in [4.78, 5) is 18.9. The first kappa shape index (κ1) is 24.2. The number of aliphatic hydroxyl groups is 1. The number of ether oxygens (including phenoxy) is 1. The van der Waals surface area contributed by atoms with Crippen molar-refractivity contribution in [2.75, 3.05) is 44.2 Å². The molecular formula is C25H33N3O3S. The maximum absolute atomic E-state index is 11.4. The van der Waals surface area contributed by atoms with Crippen LogP contribution in [0.4, 0.5) is 5.69 Å². The van der Waals surface area contributed by atoms with Gasteiger partial charge in [0.15, 0.2) is 0 Å². The molecule has 4 rings (SSSR count). The van der Waals surface area contributed by atoms with Crippen LogP contribution in [0.15, 0.2) is 59.4 Å². The number of hydrogen-bond donors (Lipinski definition) is 2. The third-order valence-corrected chi connectivity index (χ3v) is 5.90. The largest absolute Gasteiger partial charge is 0.491 e. The third-order valence-electron chi connectivity index (χ3n) is 5.90. The molecule has 1 fully saturated rings. The fraction of sp³-hybridized carbons (Fsp3) is 0.400. The van der Waals surface area contributed by atoms with Crippen LogP contribution >= 0.6 is 13.5 Å². The van der Waals surface area contributed by atoms with Crippen molar-refractivity contribution >= 4 is 30.1 Å². The van der Waals surface area contributed by atoms with E-state index in [0.717, 1.165) is 37.1 Å². The number of H-pyrrole nitrogens is 1. The predicted octanol–water partition coefficient (Wildman–Crippen LogP) is 3.33. The number of hydrogen-bond acceptors (Lipinski definition) is 5. The number of piperazine rings is 1. The van der Waals surface area contributed by atoms with Crippen molar-refractivity contribution in [1.29, 1.82) is 0 Å². The van der Waals surface area contributed by atoms with Gasteiger partial charge in [-0.15, -0.1) is 0 Å². The lowest BCUT2D eigenvalue weighted by atomic mass is 10.0. The van der Waals surface area contributed by atoms with Crippen molar-refractivity contribution in [1.82, 2.24) is 9.88 Å². The number of nitrogens with one attached hydrogen (secondary N) is 1. The van der Waals surface area contributed by atoms with E-state index in [2.05, 4.69) is 52.9 Å². The highest BCUT2D eigenvalue weighted by atomic mass is 32.1. The molecule has 2 heterocycles. The van der Waals surface area contributed by atoms with E-state index < -0.39 is 6.10 Å². The van der Waals surface area contributed by atoms with Crippen LogP contribution in [0.25, 0.3) is 10.9 Å². The second-order valence-electron chi connectivity index (χ2n) is 8.57. The zero-order valence-corrected chi connectivity index (χ0v) is 19.8. The summed E-state index contributed by atoms with van der Waals surface area (Å²) in [5.74, 6) is 1.24. The fourth-order valence-electron chi connectivity index (χ4n) is 4.02. The van der Waals surface area contributed by atoms with Gasteiger partial charge in [-0.2, -0.15) is 13.5 Å². The Hall–Kier alpha value is -2.48. The van der Waals surface area contributed by atoms with E-state index in [-0.39, 0.29) is 25.7 Å².